The molecule has 0 radical (unpaired) electrons. The molecule has 3 aromatic rings. The van der Waals surface area contributed by atoms with Crippen molar-refractivity contribution in [2.24, 2.45) is 0 Å². The second-order valence-electron chi connectivity index (χ2n) is 4.84. The summed E-state index contributed by atoms with van der Waals surface area (Å²) < 4.78 is 0. The molecule has 2 heterocycles. The molecule has 112 valence electrons. The predicted molar refractivity (Wildman–Crippen MR) is 81.1 cm³/mol. The van der Waals surface area contributed by atoms with Gasteiger partial charge < -0.3 is 15.3 Å². The number of aromatic amines is 2. The van der Waals surface area contributed by atoms with Crippen LogP contribution in [0.4, 0.5) is 0 Å². The molecule has 7 nitrogen and oxygen atoms in total. The van der Waals surface area contributed by atoms with E-state index in [1.54, 1.807) is 18.5 Å². The number of carbonyl (C=O) groups is 1. The zero-order chi connectivity index (χ0) is 15.4. The van der Waals surface area contributed by atoms with E-state index in [-0.39, 0.29) is 17.9 Å². The number of rotatable bonds is 5. The van der Waals surface area contributed by atoms with Gasteiger partial charge in [-0.1, -0.05) is 12.1 Å². The van der Waals surface area contributed by atoms with Crippen LogP contribution in [0.25, 0.3) is 11.0 Å². The van der Waals surface area contributed by atoms with Gasteiger partial charge in [-0.3, -0.25) is 9.59 Å². The molecule has 0 aliphatic rings. The average molecular weight is 297 g/mol. The Morgan fingerprint density at radius 1 is 1.27 bits per heavy atom. The SMILES string of the molecule is O=C(CCc1nc2ccccc2[nH]c1=O)NCc1ncc[nH]1. The van der Waals surface area contributed by atoms with Crippen molar-refractivity contribution in [1.82, 2.24) is 25.3 Å². The summed E-state index contributed by atoms with van der Waals surface area (Å²) in [5.41, 5.74) is 1.52. The minimum Gasteiger partial charge on any atom is -0.349 e. The van der Waals surface area contributed by atoms with E-state index in [2.05, 4.69) is 25.3 Å². The fourth-order valence-electron chi connectivity index (χ4n) is 2.13. The van der Waals surface area contributed by atoms with Crippen molar-refractivity contribution in [2.75, 3.05) is 0 Å². The van der Waals surface area contributed by atoms with Crippen LogP contribution in [0.1, 0.15) is 17.9 Å². The van der Waals surface area contributed by atoms with E-state index >= 15 is 0 Å². The summed E-state index contributed by atoms with van der Waals surface area (Å²) in [5, 5.41) is 2.74. The topological polar surface area (TPSA) is 104 Å². The van der Waals surface area contributed by atoms with Crippen molar-refractivity contribution in [2.45, 2.75) is 19.4 Å². The molecule has 0 aliphatic heterocycles. The third kappa shape index (κ3) is 3.20. The number of fused-ring (bicyclic) bond motifs is 1. The van der Waals surface area contributed by atoms with Crippen LogP contribution in [0.5, 0.6) is 0 Å². The molecule has 22 heavy (non-hydrogen) atoms. The van der Waals surface area contributed by atoms with Crippen LogP contribution in [0.15, 0.2) is 41.5 Å². The smallest absolute Gasteiger partial charge is 0.270 e. The Bertz CT molecular complexity index is 839. The van der Waals surface area contributed by atoms with Crippen LogP contribution in [0, 0.1) is 0 Å². The van der Waals surface area contributed by atoms with E-state index in [9.17, 15) is 9.59 Å². The molecule has 3 rings (SSSR count). The van der Waals surface area contributed by atoms with Gasteiger partial charge in [0.2, 0.25) is 5.91 Å². The maximum Gasteiger partial charge on any atom is 0.270 e. The van der Waals surface area contributed by atoms with E-state index < -0.39 is 0 Å². The number of imidazole rings is 1. The third-order valence-electron chi connectivity index (χ3n) is 3.27. The number of carbonyl (C=O) groups excluding carboxylic acids is 1. The summed E-state index contributed by atoms with van der Waals surface area (Å²) in [5.74, 6) is 0.542. The first-order valence-electron chi connectivity index (χ1n) is 6.95. The fourth-order valence-corrected chi connectivity index (χ4v) is 2.13. The zero-order valence-corrected chi connectivity index (χ0v) is 11.8. The number of para-hydroxylation sites is 2. The highest BCUT2D eigenvalue weighted by atomic mass is 16.1. The Morgan fingerprint density at radius 3 is 2.95 bits per heavy atom. The monoisotopic (exact) mass is 297 g/mol. The average Bonchev–Trinajstić information content (AvgIpc) is 3.04. The van der Waals surface area contributed by atoms with E-state index in [1.807, 2.05) is 18.2 Å². The highest BCUT2D eigenvalue weighted by molar-refractivity contribution is 5.76. The lowest BCUT2D eigenvalue weighted by atomic mass is 10.2. The largest absolute Gasteiger partial charge is 0.349 e. The van der Waals surface area contributed by atoms with Crippen molar-refractivity contribution in [3.05, 3.63) is 58.5 Å². The molecule has 0 unspecified atom stereocenters. The fraction of sp³-hybridized carbons (Fsp3) is 0.200. The van der Waals surface area contributed by atoms with Gasteiger partial charge in [0.15, 0.2) is 0 Å². The molecule has 7 heteroatoms. The number of hydrogen-bond donors (Lipinski definition) is 3. The summed E-state index contributed by atoms with van der Waals surface area (Å²) in [6.07, 6.45) is 3.82. The molecule has 0 atom stereocenters. The summed E-state index contributed by atoms with van der Waals surface area (Å²) in [6, 6.07) is 7.31. The number of H-pyrrole nitrogens is 2. The molecule has 0 saturated heterocycles. The molecule has 0 spiro atoms. The third-order valence-corrected chi connectivity index (χ3v) is 3.27. The van der Waals surface area contributed by atoms with Crippen LogP contribution in [-0.2, 0) is 17.8 Å². The zero-order valence-electron chi connectivity index (χ0n) is 11.8. The minimum atomic E-state index is -0.252. The van der Waals surface area contributed by atoms with Gasteiger partial charge in [-0.2, -0.15) is 0 Å². The van der Waals surface area contributed by atoms with Crippen molar-refractivity contribution >= 4 is 16.9 Å². The summed E-state index contributed by atoms with van der Waals surface area (Å²) in [4.78, 5) is 37.7. The Morgan fingerprint density at radius 2 is 2.14 bits per heavy atom. The molecule has 0 fully saturated rings. The number of hydrogen-bond acceptors (Lipinski definition) is 4. The second-order valence-corrected chi connectivity index (χ2v) is 4.84. The van der Waals surface area contributed by atoms with Crippen LogP contribution < -0.4 is 10.9 Å². The van der Waals surface area contributed by atoms with Crippen LogP contribution in [-0.4, -0.2) is 25.8 Å². The number of aryl methyl sites for hydroxylation is 1. The highest BCUT2D eigenvalue weighted by Gasteiger charge is 2.08. The molecular formula is C15H15N5O2. The number of amides is 1. The molecule has 2 aromatic heterocycles. The number of nitrogens with zero attached hydrogens (tertiary/aromatic N) is 2. The van der Waals surface area contributed by atoms with E-state index in [0.29, 0.717) is 35.5 Å². The van der Waals surface area contributed by atoms with Crippen molar-refractivity contribution in [3.63, 3.8) is 0 Å². The Hall–Kier alpha value is -2.96. The second kappa shape index (κ2) is 6.21. The number of benzene rings is 1. The minimum absolute atomic E-state index is 0.147. The van der Waals surface area contributed by atoms with Gasteiger partial charge in [-0.15, -0.1) is 0 Å². The summed E-state index contributed by atoms with van der Waals surface area (Å²) in [7, 11) is 0. The summed E-state index contributed by atoms with van der Waals surface area (Å²) in [6.45, 7) is 0.341. The quantitative estimate of drug-likeness (QED) is 0.650. The lowest BCUT2D eigenvalue weighted by molar-refractivity contribution is -0.121. The molecule has 1 amide bonds. The first kappa shape index (κ1) is 14.0. The van der Waals surface area contributed by atoms with E-state index in [4.69, 9.17) is 0 Å². The highest BCUT2D eigenvalue weighted by Crippen LogP contribution is 2.06. The molecular weight excluding hydrogens is 282 g/mol. The van der Waals surface area contributed by atoms with Crippen LogP contribution >= 0.6 is 0 Å². The van der Waals surface area contributed by atoms with Crippen molar-refractivity contribution < 1.29 is 4.79 Å². The van der Waals surface area contributed by atoms with Gasteiger partial charge in [-0.25, -0.2) is 9.97 Å². The van der Waals surface area contributed by atoms with Gasteiger partial charge in [0.05, 0.1) is 17.6 Å². The molecule has 1 aromatic carbocycles. The van der Waals surface area contributed by atoms with Crippen LogP contribution in [0.3, 0.4) is 0 Å². The van der Waals surface area contributed by atoms with Gasteiger partial charge in [-0.05, 0) is 12.1 Å². The normalized spacial score (nSPS) is 10.7. The molecule has 3 N–H and O–H groups in total. The van der Waals surface area contributed by atoms with E-state index in [1.165, 1.54) is 0 Å². The van der Waals surface area contributed by atoms with Gasteiger partial charge >= 0.3 is 0 Å². The van der Waals surface area contributed by atoms with Crippen molar-refractivity contribution in [1.29, 1.82) is 0 Å². The predicted octanol–water partition coefficient (Wildman–Crippen LogP) is 0.895. The maximum absolute atomic E-state index is 11.9. The van der Waals surface area contributed by atoms with E-state index in [0.717, 1.165) is 0 Å². The first-order chi connectivity index (χ1) is 10.7. The Labute approximate surface area is 125 Å². The number of aromatic nitrogens is 4. The van der Waals surface area contributed by atoms with Gasteiger partial charge in [0.1, 0.15) is 11.5 Å². The first-order valence-corrected chi connectivity index (χ1v) is 6.95. The van der Waals surface area contributed by atoms with Gasteiger partial charge in [0.25, 0.3) is 5.56 Å². The van der Waals surface area contributed by atoms with Gasteiger partial charge in [0, 0.05) is 25.2 Å². The van der Waals surface area contributed by atoms with Crippen molar-refractivity contribution in [3.8, 4) is 0 Å². The summed E-state index contributed by atoms with van der Waals surface area (Å²) >= 11 is 0. The van der Waals surface area contributed by atoms with Crippen LogP contribution in [0.2, 0.25) is 0 Å². The number of nitrogens with one attached hydrogen (secondary N) is 3. The Kier molecular flexibility index (Phi) is 3.95. The Balaban J connectivity index is 1.62. The lowest BCUT2D eigenvalue weighted by Gasteiger charge is -2.04. The maximum atomic E-state index is 11.9. The molecule has 0 saturated carbocycles. The standard InChI is InChI=1S/C15H15N5O2/c21-14(18-9-13-16-7-8-17-13)6-5-12-15(22)20-11-4-2-1-3-10(11)19-12/h1-4,7-8H,5-6,9H2,(H,16,17)(H,18,21)(H,20,22). The molecule has 0 bridgehead atoms. The molecule has 0 aliphatic carbocycles. The lowest BCUT2D eigenvalue weighted by Crippen LogP contribution is -2.25.